The topological polar surface area (TPSA) is 91.3 Å². The second-order valence-corrected chi connectivity index (χ2v) is 6.25. The molecule has 2 bridgehead atoms. The zero-order valence-electron chi connectivity index (χ0n) is 10.9. The Balaban J connectivity index is 1.56. The maximum absolute atomic E-state index is 11.9. The van der Waals surface area contributed by atoms with Crippen LogP contribution in [0.5, 0.6) is 0 Å². The summed E-state index contributed by atoms with van der Waals surface area (Å²) in [6.07, 6.45) is 2.92. The number of aliphatic carboxylic acids is 1. The van der Waals surface area contributed by atoms with Crippen molar-refractivity contribution in [2.24, 2.45) is 17.8 Å². The van der Waals surface area contributed by atoms with E-state index >= 15 is 0 Å². The van der Waals surface area contributed by atoms with Gasteiger partial charge in [-0.25, -0.2) is 9.78 Å². The maximum Gasteiger partial charge on any atom is 0.315 e. The van der Waals surface area contributed by atoms with Crippen LogP contribution in [-0.4, -0.2) is 28.1 Å². The Hall–Kier alpha value is -1.63. The molecule has 2 aliphatic carbocycles. The molecule has 0 aromatic carbocycles. The fourth-order valence-electron chi connectivity index (χ4n) is 3.55. The molecule has 0 aliphatic heterocycles. The number of fused-ring (bicyclic) bond motifs is 2. The van der Waals surface area contributed by atoms with E-state index in [1.165, 1.54) is 11.3 Å². The smallest absolute Gasteiger partial charge is 0.315 e. The highest BCUT2D eigenvalue weighted by molar-refractivity contribution is 7.07. The molecule has 2 aliphatic rings. The largest absolute Gasteiger partial charge is 0.481 e. The predicted molar refractivity (Wildman–Crippen MR) is 73.2 cm³/mol. The van der Waals surface area contributed by atoms with Crippen LogP contribution in [0.2, 0.25) is 0 Å². The minimum absolute atomic E-state index is 0.223. The molecule has 4 atom stereocenters. The van der Waals surface area contributed by atoms with Crippen LogP contribution in [0.4, 0.5) is 4.79 Å². The van der Waals surface area contributed by atoms with E-state index in [4.69, 9.17) is 0 Å². The first-order chi connectivity index (χ1) is 9.65. The minimum atomic E-state index is -0.790. The number of carboxylic acid groups (broad SMARTS) is 1. The molecule has 20 heavy (non-hydrogen) atoms. The van der Waals surface area contributed by atoms with E-state index in [1.54, 1.807) is 5.51 Å². The van der Waals surface area contributed by atoms with Crippen molar-refractivity contribution >= 4 is 23.3 Å². The van der Waals surface area contributed by atoms with Gasteiger partial charge < -0.3 is 15.7 Å². The third-order valence-electron chi connectivity index (χ3n) is 4.41. The van der Waals surface area contributed by atoms with Gasteiger partial charge in [0.2, 0.25) is 0 Å². The second-order valence-electron chi connectivity index (χ2n) is 5.53. The van der Waals surface area contributed by atoms with Crippen molar-refractivity contribution in [2.75, 3.05) is 0 Å². The molecule has 3 N–H and O–H groups in total. The summed E-state index contributed by atoms with van der Waals surface area (Å²) in [7, 11) is 0. The van der Waals surface area contributed by atoms with E-state index in [-0.39, 0.29) is 18.0 Å². The van der Waals surface area contributed by atoms with Crippen LogP contribution in [0.15, 0.2) is 10.9 Å². The molecule has 6 nitrogen and oxygen atoms in total. The van der Waals surface area contributed by atoms with Gasteiger partial charge >= 0.3 is 12.0 Å². The number of nitrogens with one attached hydrogen (secondary N) is 2. The molecule has 108 valence electrons. The van der Waals surface area contributed by atoms with Gasteiger partial charge in [0.05, 0.1) is 23.7 Å². The molecule has 3 rings (SSSR count). The zero-order valence-corrected chi connectivity index (χ0v) is 11.7. The van der Waals surface area contributed by atoms with Gasteiger partial charge in [0.15, 0.2) is 0 Å². The Bertz CT molecular complexity index is 505. The van der Waals surface area contributed by atoms with Crippen molar-refractivity contribution in [3.63, 3.8) is 0 Å². The van der Waals surface area contributed by atoms with Gasteiger partial charge in [0, 0.05) is 11.4 Å². The molecule has 1 aromatic rings. The highest BCUT2D eigenvalue weighted by atomic mass is 32.1. The Kier molecular flexibility index (Phi) is 3.60. The number of hydrogen-bond acceptors (Lipinski definition) is 4. The monoisotopic (exact) mass is 295 g/mol. The van der Waals surface area contributed by atoms with E-state index in [1.807, 2.05) is 5.38 Å². The van der Waals surface area contributed by atoms with E-state index in [0.717, 1.165) is 25.0 Å². The lowest BCUT2D eigenvalue weighted by atomic mass is 9.84. The number of aromatic nitrogens is 1. The van der Waals surface area contributed by atoms with E-state index < -0.39 is 11.9 Å². The summed E-state index contributed by atoms with van der Waals surface area (Å²) in [6.45, 7) is 0.369. The number of urea groups is 1. The second kappa shape index (κ2) is 5.40. The quantitative estimate of drug-likeness (QED) is 0.784. The molecule has 0 saturated heterocycles. The molecule has 1 heterocycles. The maximum atomic E-state index is 11.9. The Morgan fingerprint density at radius 1 is 1.40 bits per heavy atom. The van der Waals surface area contributed by atoms with Gasteiger partial charge in [-0.05, 0) is 31.1 Å². The molecule has 0 radical (unpaired) electrons. The number of nitrogens with zero attached hydrogens (tertiary/aromatic N) is 1. The van der Waals surface area contributed by atoms with Gasteiger partial charge in [-0.3, -0.25) is 4.79 Å². The Labute approximate surface area is 120 Å². The molecular weight excluding hydrogens is 278 g/mol. The summed E-state index contributed by atoms with van der Waals surface area (Å²) >= 11 is 1.48. The third kappa shape index (κ3) is 2.49. The summed E-state index contributed by atoms with van der Waals surface area (Å²) in [4.78, 5) is 27.3. The molecular formula is C13H17N3O3S. The van der Waals surface area contributed by atoms with Crippen molar-refractivity contribution < 1.29 is 14.7 Å². The van der Waals surface area contributed by atoms with Gasteiger partial charge in [-0.2, -0.15) is 0 Å². The van der Waals surface area contributed by atoms with Crippen LogP contribution in [0, 0.1) is 17.8 Å². The third-order valence-corrected chi connectivity index (χ3v) is 5.05. The van der Waals surface area contributed by atoms with Crippen LogP contribution < -0.4 is 10.6 Å². The molecule has 2 amide bonds. The van der Waals surface area contributed by atoms with Crippen LogP contribution in [0.1, 0.15) is 25.0 Å². The van der Waals surface area contributed by atoms with Crippen molar-refractivity contribution in [2.45, 2.75) is 31.8 Å². The number of carboxylic acids is 1. The van der Waals surface area contributed by atoms with Gasteiger partial charge in [-0.15, -0.1) is 11.3 Å². The van der Waals surface area contributed by atoms with Crippen molar-refractivity contribution in [3.05, 3.63) is 16.6 Å². The fraction of sp³-hybridized carbons (Fsp3) is 0.615. The van der Waals surface area contributed by atoms with Crippen molar-refractivity contribution in [3.8, 4) is 0 Å². The molecule has 0 spiro atoms. The number of amides is 2. The number of thiazole rings is 1. The molecule has 2 fully saturated rings. The van der Waals surface area contributed by atoms with Crippen LogP contribution in [0.3, 0.4) is 0 Å². The number of rotatable bonds is 4. The van der Waals surface area contributed by atoms with E-state index in [0.29, 0.717) is 12.5 Å². The highest BCUT2D eigenvalue weighted by Crippen LogP contribution is 2.48. The summed E-state index contributed by atoms with van der Waals surface area (Å²) < 4.78 is 0. The fourth-order valence-corrected chi connectivity index (χ4v) is 4.11. The van der Waals surface area contributed by atoms with Crippen LogP contribution in [-0.2, 0) is 11.3 Å². The highest BCUT2D eigenvalue weighted by Gasteiger charge is 2.51. The van der Waals surface area contributed by atoms with E-state index in [9.17, 15) is 14.7 Å². The number of carbonyl (C=O) groups is 2. The molecule has 1 aromatic heterocycles. The summed E-state index contributed by atoms with van der Waals surface area (Å²) in [5.41, 5.74) is 2.53. The van der Waals surface area contributed by atoms with Gasteiger partial charge in [-0.1, -0.05) is 0 Å². The first-order valence-electron chi connectivity index (χ1n) is 6.79. The normalized spacial score (nSPS) is 31.2. The lowest BCUT2D eigenvalue weighted by Gasteiger charge is -2.28. The van der Waals surface area contributed by atoms with Crippen molar-refractivity contribution in [1.29, 1.82) is 0 Å². The van der Waals surface area contributed by atoms with Gasteiger partial charge in [0.1, 0.15) is 0 Å². The Morgan fingerprint density at radius 2 is 2.20 bits per heavy atom. The SMILES string of the molecule is O=C(NCc1cscn1)NC1C2CCC(C2)C1C(=O)O. The molecule has 7 heteroatoms. The standard InChI is InChI=1S/C13H17N3O3S/c17-12(18)10-7-1-2-8(3-7)11(10)16-13(19)14-4-9-5-20-6-15-9/h5-8,10-11H,1-4H2,(H,17,18)(H2,14,16,19). The lowest BCUT2D eigenvalue weighted by molar-refractivity contribution is -0.144. The van der Waals surface area contributed by atoms with Crippen LogP contribution in [0.25, 0.3) is 0 Å². The van der Waals surface area contributed by atoms with E-state index in [2.05, 4.69) is 15.6 Å². The molecule has 4 unspecified atom stereocenters. The summed E-state index contributed by atoms with van der Waals surface area (Å²) in [5, 5.41) is 16.8. The molecule has 2 saturated carbocycles. The lowest BCUT2D eigenvalue weighted by Crippen LogP contribution is -2.50. The average molecular weight is 295 g/mol. The average Bonchev–Trinajstić information content (AvgIpc) is 3.12. The first-order valence-corrected chi connectivity index (χ1v) is 7.73. The Morgan fingerprint density at radius 3 is 2.90 bits per heavy atom. The van der Waals surface area contributed by atoms with Crippen LogP contribution >= 0.6 is 11.3 Å². The summed E-state index contributed by atoms with van der Waals surface area (Å²) in [6, 6.07) is -0.538. The number of hydrogen-bond donors (Lipinski definition) is 3. The minimum Gasteiger partial charge on any atom is -0.481 e. The van der Waals surface area contributed by atoms with Crippen molar-refractivity contribution in [1.82, 2.24) is 15.6 Å². The predicted octanol–water partition coefficient (Wildman–Crippen LogP) is 1.44. The first kappa shape index (κ1) is 13.4. The van der Waals surface area contributed by atoms with Gasteiger partial charge in [0.25, 0.3) is 0 Å². The number of carbonyl (C=O) groups excluding carboxylic acids is 1. The summed E-state index contributed by atoms with van der Waals surface area (Å²) in [5.74, 6) is -0.687. The zero-order chi connectivity index (χ0) is 14.1.